The summed E-state index contributed by atoms with van der Waals surface area (Å²) in [6.45, 7) is 2.18. The molecule has 1 aromatic rings. The van der Waals surface area contributed by atoms with Crippen molar-refractivity contribution in [2.75, 3.05) is 11.5 Å². The molecule has 0 nitrogen and oxygen atoms in total. The van der Waals surface area contributed by atoms with Gasteiger partial charge in [-0.1, -0.05) is 63.7 Å². The van der Waals surface area contributed by atoms with Gasteiger partial charge in [0.15, 0.2) is 23.3 Å². The average Bonchev–Trinajstić information content (AvgIpc) is 2.67. The van der Waals surface area contributed by atoms with Gasteiger partial charge in [-0.15, -0.1) is 0 Å². The lowest BCUT2D eigenvalue weighted by Crippen LogP contribution is -2.04. The van der Waals surface area contributed by atoms with Gasteiger partial charge in [0.05, 0.1) is 0 Å². The molecular weight excluding hydrogens is 379 g/mol. The Labute approximate surface area is 163 Å². The minimum Gasteiger partial charge on any atom is -0.202 e. The third-order valence-electron chi connectivity index (χ3n) is 4.22. The third-order valence-corrected chi connectivity index (χ3v) is 5.20. The highest BCUT2D eigenvalue weighted by Gasteiger charge is 2.24. The van der Waals surface area contributed by atoms with Crippen LogP contribution in [0.4, 0.5) is 22.0 Å². The molecule has 0 aliphatic rings. The first-order chi connectivity index (χ1) is 13.0. The summed E-state index contributed by atoms with van der Waals surface area (Å²) in [5.41, 5.74) is -1.05. The van der Waals surface area contributed by atoms with Crippen LogP contribution < -0.4 is 0 Å². The maximum absolute atomic E-state index is 13.4. The lowest BCUT2D eigenvalue weighted by Gasteiger charge is -2.02. The maximum Gasteiger partial charge on any atom is 0.200 e. The first kappa shape index (κ1) is 23.8. The number of thioether (sulfide) groups is 1. The lowest BCUT2D eigenvalue weighted by molar-refractivity contribution is 0.376. The van der Waals surface area contributed by atoms with Crippen LogP contribution in [0.5, 0.6) is 0 Å². The van der Waals surface area contributed by atoms with Crippen LogP contribution in [0.3, 0.4) is 0 Å². The second-order valence-electron chi connectivity index (χ2n) is 6.38. The lowest BCUT2D eigenvalue weighted by atomic mass is 10.1. The molecule has 6 heteroatoms. The van der Waals surface area contributed by atoms with Crippen molar-refractivity contribution in [2.24, 2.45) is 0 Å². The molecule has 0 radical (unpaired) electrons. The molecule has 0 spiro atoms. The largest absolute Gasteiger partial charge is 0.202 e. The van der Waals surface area contributed by atoms with Gasteiger partial charge in [-0.2, -0.15) is 11.8 Å². The number of hydrogen-bond donors (Lipinski definition) is 0. The summed E-state index contributed by atoms with van der Waals surface area (Å²) in [5.74, 6) is -2.78. The van der Waals surface area contributed by atoms with Gasteiger partial charge in [-0.05, 0) is 24.3 Å². The van der Waals surface area contributed by atoms with E-state index in [0.29, 0.717) is 6.42 Å². The molecule has 0 bridgehead atoms. The Morgan fingerprint density at radius 3 is 1.59 bits per heavy atom. The SMILES string of the molecule is CCSCCCCCCCCCCCC#Cc1c(F)c(F)c(F)c(F)c1F. The molecule has 0 aliphatic heterocycles. The number of unbranched alkanes of at least 4 members (excludes halogenated alkanes) is 9. The first-order valence-electron chi connectivity index (χ1n) is 9.58. The molecule has 27 heavy (non-hydrogen) atoms. The molecule has 0 unspecified atom stereocenters. The van der Waals surface area contributed by atoms with Gasteiger partial charge >= 0.3 is 0 Å². The van der Waals surface area contributed by atoms with E-state index in [9.17, 15) is 22.0 Å². The Balaban J connectivity index is 2.17. The monoisotopic (exact) mass is 406 g/mol. The molecule has 1 aromatic carbocycles. The zero-order chi connectivity index (χ0) is 20.1. The van der Waals surface area contributed by atoms with Crippen molar-refractivity contribution in [1.29, 1.82) is 0 Å². The van der Waals surface area contributed by atoms with Crippen molar-refractivity contribution in [3.05, 3.63) is 34.6 Å². The van der Waals surface area contributed by atoms with Crippen LogP contribution in [0, 0.1) is 40.9 Å². The molecule has 0 aliphatic carbocycles. The minimum absolute atomic E-state index is 0.370. The van der Waals surface area contributed by atoms with Crippen LogP contribution in [0.1, 0.15) is 76.7 Å². The minimum atomic E-state index is -2.16. The molecule has 0 N–H and O–H groups in total. The van der Waals surface area contributed by atoms with E-state index in [4.69, 9.17) is 0 Å². The predicted octanol–water partition coefficient (Wildman–Crippen LogP) is 7.39. The van der Waals surface area contributed by atoms with Gasteiger partial charge in [-0.3, -0.25) is 0 Å². The number of halogens is 5. The van der Waals surface area contributed by atoms with Crippen molar-refractivity contribution in [2.45, 2.75) is 71.1 Å². The van der Waals surface area contributed by atoms with Crippen molar-refractivity contribution >= 4 is 11.8 Å². The van der Waals surface area contributed by atoms with Crippen molar-refractivity contribution in [3.63, 3.8) is 0 Å². The van der Waals surface area contributed by atoms with E-state index in [-0.39, 0.29) is 0 Å². The summed E-state index contributed by atoms with van der Waals surface area (Å²) >= 11 is 1.99. The summed E-state index contributed by atoms with van der Waals surface area (Å²) in [6, 6.07) is 0. The van der Waals surface area contributed by atoms with Crippen LogP contribution >= 0.6 is 11.8 Å². The first-order valence-corrected chi connectivity index (χ1v) is 10.7. The van der Waals surface area contributed by atoms with E-state index in [1.807, 2.05) is 11.8 Å². The zero-order valence-electron chi connectivity index (χ0n) is 15.8. The Morgan fingerprint density at radius 1 is 0.630 bits per heavy atom. The number of rotatable bonds is 12. The number of hydrogen-bond acceptors (Lipinski definition) is 1. The van der Waals surface area contributed by atoms with E-state index in [2.05, 4.69) is 18.8 Å². The molecule has 0 saturated carbocycles. The zero-order valence-corrected chi connectivity index (χ0v) is 16.6. The van der Waals surface area contributed by atoms with Crippen molar-refractivity contribution in [3.8, 4) is 11.8 Å². The maximum atomic E-state index is 13.4. The topological polar surface area (TPSA) is 0 Å². The van der Waals surface area contributed by atoms with Gasteiger partial charge < -0.3 is 0 Å². The average molecular weight is 407 g/mol. The quantitative estimate of drug-likeness (QED) is 0.115. The van der Waals surface area contributed by atoms with Crippen molar-refractivity contribution in [1.82, 2.24) is 0 Å². The summed E-state index contributed by atoms with van der Waals surface area (Å²) in [5, 5.41) is 0. The van der Waals surface area contributed by atoms with Crippen LogP contribution in [0.15, 0.2) is 0 Å². The highest BCUT2D eigenvalue weighted by Crippen LogP contribution is 2.22. The summed E-state index contributed by atoms with van der Waals surface area (Å²) in [6.07, 6.45) is 10.6. The van der Waals surface area contributed by atoms with E-state index in [1.165, 1.54) is 43.6 Å². The van der Waals surface area contributed by atoms with Gasteiger partial charge in [0.25, 0.3) is 0 Å². The Hall–Kier alpha value is -1.22. The molecule has 0 saturated heterocycles. The number of benzene rings is 1. The highest BCUT2D eigenvalue weighted by molar-refractivity contribution is 7.99. The second kappa shape index (κ2) is 13.9. The van der Waals surface area contributed by atoms with E-state index < -0.39 is 34.6 Å². The van der Waals surface area contributed by atoms with E-state index >= 15 is 0 Å². The Kier molecular flexibility index (Phi) is 12.2. The van der Waals surface area contributed by atoms with Gasteiger partial charge in [0.1, 0.15) is 5.56 Å². The summed E-state index contributed by atoms with van der Waals surface area (Å²) in [7, 11) is 0. The second-order valence-corrected chi connectivity index (χ2v) is 7.77. The molecule has 0 atom stereocenters. The molecule has 0 amide bonds. The molecule has 0 fully saturated rings. The van der Waals surface area contributed by atoms with Gasteiger partial charge in [0, 0.05) is 6.42 Å². The van der Waals surface area contributed by atoms with Gasteiger partial charge in [0.2, 0.25) is 5.82 Å². The summed E-state index contributed by atoms with van der Waals surface area (Å²) < 4.78 is 65.9. The summed E-state index contributed by atoms with van der Waals surface area (Å²) in [4.78, 5) is 0. The molecular formula is C21H27F5S. The normalized spacial score (nSPS) is 10.7. The predicted molar refractivity (Wildman–Crippen MR) is 102 cm³/mol. The molecule has 1 rings (SSSR count). The molecule has 0 aromatic heterocycles. The van der Waals surface area contributed by atoms with Crippen LogP contribution in [-0.2, 0) is 0 Å². The smallest absolute Gasteiger partial charge is 0.200 e. The third kappa shape index (κ3) is 8.55. The molecule has 0 heterocycles. The van der Waals surface area contributed by atoms with Crippen LogP contribution in [-0.4, -0.2) is 11.5 Å². The van der Waals surface area contributed by atoms with E-state index in [0.717, 1.165) is 25.7 Å². The van der Waals surface area contributed by atoms with Crippen LogP contribution in [0.25, 0.3) is 0 Å². The fraction of sp³-hybridized carbons (Fsp3) is 0.619. The van der Waals surface area contributed by atoms with Gasteiger partial charge in [-0.25, -0.2) is 22.0 Å². The van der Waals surface area contributed by atoms with Crippen molar-refractivity contribution < 1.29 is 22.0 Å². The van der Waals surface area contributed by atoms with Crippen LogP contribution in [0.2, 0.25) is 0 Å². The highest BCUT2D eigenvalue weighted by atomic mass is 32.2. The fourth-order valence-electron chi connectivity index (χ4n) is 2.66. The standard InChI is InChI=1S/C21H27F5S/c1-2-27-15-13-11-9-7-5-3-4-6-8-10-12-14-16-17(22)19(24)21(26)20(25)18(16)23/h2-11,13,15H2,1H3. The Bertz CT molecular complexity index is 605. The van der Waals surface area contributed by atoms with E-state index in [1.54, 1.807) is 0 Å². The Morgan fingerprint density at radius 2 is 1.07 bits per heavy atom. The molecule has 152 valence electrons. The fourth-order valence-corrected chi connectivity index (χ4v) is 3.36.